The highest BCUT2D eigenvalue weighted by atomic mass is 16.8. The number of nitrogens with one attached hydrogen (secondary N) is 2. The molecular formula is C47H72N2O16. The molecule has 1 aliphatic carbocycles. The fourth-order valence-electron chi connectivity index (χ4n) is 7.94. The van der Waals surface area contributed by atoms with Gasteiger partial charge in [0, 0.05) is 31.3 Å². The Kier molecular flexibility index (Phi) is 21.0. The maximum Gasteiger partial charge on any atom is 0.338 e. The van der Waals surface area contributed by atoms with Gasteiger partial charge in [0.25, 0.3) is 0 Å². The van der Waals surface area contributed by atoms with E-state index in [1.54, 1.807) is 63.3 Å². The van der Waals surface area contributed by atoms with E-state index in [2.05, 4.69) is 24.5 Å². The molecule has 4 rings (SSSR count). The van der Waals surface area contributed by atoms with Crippen LogP contribution in [0.25, 0.3) is 6.08 Å². The molecule has 18 heteroatoms. The molecule has 2 fully saturated rings. The Hall–Kier alpha value is -3.82. The standard InChI is InChI=1S/C47H72N2O16/c1-7-9-11-20-47(21-12-10-8-2)63-34-25-31(42(57)49-37(28(3)52)43(58)48-32(26-50)18-19-36(53)64-46(4,5)6)24-33(41(34)65-47)61-44(59)30-17-13-15-29(23-30)16-14-22-60-45-40(56)39(55)38(54)35(27-51)62-45/h13-17,23,25,28,32-35,37-41,45,50-52,54-56H,7-12,18-22,24,26-27H2,1-6H3,(H,48,58)(H,49,57). The molecule has 11 unspecified atom stereocenters. The Labute approximate surface area is 381 Å². The van der Waals surface area contributed by atoms with E-state index in [4.69, 9.17) is 28.4 Å². The van der Waals surface area contributed by atoms with Crippen LogP contribution in [0.5, 0.6) is 0 Å². The second kappa shape index (κ2) is 25.4. The summed E-state index contributed by atoms with van der Waals surface area (Å²) in [5.41, 5.74) is 0.199. The second-order valence-corrected chi connectivity index (χ2v) is 18.1. The molecule has 18 nitrogen and oxygen atoms in total. The van der Waals surface area contributed by atoms with Crippen LogP contribution in [0.2, 0.25) is 0 Å². The zero-order valence-corrected chi connectivity index (χ0v) is 38.6. The Morgan fingerprint density at radius 3 is 2.26 bits per heavy atom. The summed E-state index contributed by atoms with van der Waals surface area (Å²) in [5, 5.41) is 65.7. The number of amides is 2. The van der Waals surface area contributed by atoms with Gasteiger partial charge >= 0.3 is 11.9 Å². The number of ether oxygens (including phenoxy) is 6. The van der Waals surface area contributed by atoms with E-state index in [-0.39, 0.29) is 37.0 Å². The van der Waals surface area contributed by atoms with Crippen molar-refractivity contribution in [2.75, 3.05) is 19.8 Å². The molecule has 0 saturated carbocycles. The minimum atomic E-state index is -1.58. The zero-order valence-electron chi connectivity index (χ0n) is 38.6. The molecule has 0 spiro atoms. The van der Waals surface area contributed by atoms with Crippen molar-refractivity contribution in [1.82, 2.24) is 10.6 Å². The summed E-state index contributed by atoms with van der Waals surface area (Å²) in [6, 6.07) is 4.21. The number of esters is 2. The van der Waals surface area contributed by atoms with Crippen LogP contribution in [0, 0.1) is 0 Å². The Balaban J connectivity index is 1.51. The molecule has 8 N–H and O–H groups in total. The molecule has 3 aliphatic rings. The van der Waals surface area contributed by atoms with E-state index in [0.29, 0.717) is 18.4 Å². The van der Waals surface area contributed by atoms with Gasteiger partial charge in [-0.15, -0.1) is 0 Å². The van der Waals surface area contributed by atoms with Crippen molar-refractivity contribution in [2.45, 2.75) is 191 Å². The van der Waals surface area contributed by atoms with E-state index in [1.807, 2.05) is 0 Å². The van der Waals surface area contributed by atoms with Crippen LogP contribution in [0.1, 0.15) is 128 Å². The predicted molar refractivity (Wildman–Crippen MR) is 236 cm³/mol. The van der Waals surface area contributed by atoms with Crippen LogP contribution >= 0.6 is 0 Å². The van der Waals surface area contributed by atoms with Crippen molar-refractivity contribution < 1.29 is 78.2 Å². The molecule has 2 heterocycles. The van der Waals surface area contributed by atoms with Crippen LogP contribution in [0.4, 0.5) is 0 Å². The monoisotopic (exact) mass is 920 g/mol. The first-order valence-electron chi connectivity index (χ1n) is 22.9. The van der Waals surface area contributed by atoms with Gasteiger partial charge in [0.2, 0.25) is 11.8 Å². The molecule has 1 aromatic carbocycles. The molecule has 0 radical (unpaired) electrons. The normalized spacial score (nSPS) is 26.7. The van der Waals surface area contributed by atoms with Crippen LogP contribution in [0.15, 0.2) is 42.0 Å². The molecule has 366 valence electrons. The topological polar surface area (TPSA) is 269 Å². The number of rotatable bonds is 24. The lowest BCUT2D eigenvalue weighted by molar-refractivity contribution is -0.298. The summed E-state index contributed by atoms with van der Waals surface area (Å²) >= 11 is 0. The van der Waals surface area contributed by atoms with Gasteiger partial charge < -0.3 is 69.7 Å². The number of fused-ring (bicyclic) bond motifs is 1. The fraction of sp³-hybridized carbons (Fsp3) is 0.702. The van der Waals surface area contributed by atoms with Crippen molar-refractivity contribution in [2.24, 2.45) is 0 Å². The quantitative estimate of drug-likeness (QED) is 0.0547. The number of unbranched alkanes of at least 4 members (excludes halogenated alkanes) is 4. The first-order valence-corrected chi connectivity index (χ1v) is 22.9. The van der Waals surface area contributed by atoms with Gasteiger partial charge in [-0.2, -0.15) is 0 Å². The first-order chi connectivity index (χ1) is 30.8. The number of hydrogen-bond donors (Lipinski definition) is 8. The Morgan fingerprint density at radius 1 is 0.954 bits per heavy atom. The highest BCUT2D eigenvalue weighted by Gasteiger charge is 2.53. The van der Waals surface area contributed by atoms with Crippen LogP contribution in [-0.2, 0) is 42.8 Å². The van der Waals surface area contributed by atoms with Gasteiger partial charge in [-0.1, -0.05) is 63.8 Å². The number of aliphatic hydroxyl groups is 6. The summed E-state index contributed by atoms with van der Waals surface area (Å²) in [6.45, 7) is 9.51. The zero-order chi connectivity index (χ0) is 47.9. The molecular weight excluding hydrogens is 849 g/mol. The van der Waals surface area contributed by atoms with Crippen molar-refractivity contribution in [3.63, 3.8) is 0 Å². The maximum absolute atomic E-state index is 14.1. The molecule has 0 aromatic heterocycles. The van der Waals surface area contributed by atoms with Crippen molar-refractivity contribution in [1.29, 1.82) is 0 Å². The number of hydrogen-bond acceptors (Lipinski definition) is 16. The largest absolute Gasteiger partial charge is 0.460 e. The van der Waals surface area contributed by atoms with Crippen molar-refractivity contribution in [3.05, 3.63) is 53.1 Å². The average Bonchev–Trinajstić information content (AvgIpc) is 3.63. The third-order valence-corrected chi connectivity index (χ3v) is 11.4. The molecule has 2 saturated heterocycles. The van der Waals surface area contributed by atoms with E-state index >= 15 is 0 Å². The highest BCUT2D eigenvalue weighted by Crippen LogP contribution is 2.43. The molecule has 11 atom stereocenters. The SMILES string of the molecule is CCCCCC1(CCCCC)OC2C=C(C(=O)NC(C(=O)NC(CO)CCC(=O)OC(C)(C)C)C(C)O)CC(OC(=O)c3cccc(C=CCOC4OC(CO)C(O)C(O)C4O)c3)C2O1. The van der Waals surface area contributed by atoms with Crippen molar-refractivity contribution >= 4 is 29.8 Å². The number of carbonyl (C=O) groups excluding carboxylic acids is 4. The Bertz CT molecular complexity index is 1750. The van der Waals surface area contributed by atoms with Gasteiger partial charge in [-0.05, 0) is 70.7 Å². The van der Waals surface area contributed by atoms with E-state index in [1.165, 1.54) is 6.92 Å². The third-order valence-electron chi connectivity index (χ3n) is 11.4. The van der Waals surface area contributed by atoms with Gasteiger partial charge in [-0.25, -0.2) is 4.79 Å². The van der Waals surface area contributed by atoms with Crippen LogP contribution < -0.4 is 10.6 Å². The number of carbonyl (C=O) groups is 4. The lowest BCUT2D eigenvalue weighted by atomic mass is 9.91. The van der Waals surface area contributed by atoms with Gasteiger partial charge in [0.15, 0.2) is 12.1 Å². The minimum Gasteiger partial charge on any atom is -0.460 e. The smallest absolute Gasteiger partial charge is 0.338 e. The van der Waals surface area contributed by atoms with Gasteiger partial charge in [0.1, 0.15) is 54.4 Å². The molecule has 0 bridgehead atoms. The van der Waals surface area contributed by atoms with E-state index in [9.17, 15) is 49.8 Å². The number of benzene rings is 1. The summed E-state index contributed by atoms with van der Waals surface area (Å²) < 4.78 is 35.8. The first kappa shape index (κ1) is 53.8. The van der Waals surface area contributed by atoms with E-state index < -0.39 is 116 Å². The predicted octanol–water partition coefficient (Wildman–Crippen LogP) is 2.48. The van der Waals surface area contributed by atoms with Crippen molar-refractivity contribution in [3.8, 4) is 0 Å². The molecule has 65 heavy (non-hydrogen) atoms. The molecule has 2 aliphatic heterocycles. The average molecular weight is 921 g/mol. The van der Waals surface area contributed by atoms with Crippen LogP contribution in [0.3, 0.4) is 0 Å². The number of aliphatic hydroxyl groups excluding tert-OH is 6. The summed E-state index contributed by atoms with van der Waals surface area (Å²) in [7, 11) is 0. The molecule has 2 amide bonds. The fourth-order valence-corrected chi connectivity index (χ4v) is 7.94. The summed E-state index contributed by atoms with van der Waals surface area (Å²) in [5.74, 6) is -3.70. The lowest BCUT2D eigenvalue weighted by Gasteiger charge is -2.39. The third kappa shape index (κ3) is 15.9. The second-order valence-electron chi connectivity index (χ2n) is 18.1. The van der Waals surface area contributed by atoms with Crippen LogP contribution in [-0.4, -0.2) is 153 Å². The van der Waals surface area contributed by atoms with Gasteiger partial charge in [-0.3, -0.25) is 14.4 Å². The van der Waals surface area contributed by atoms with E-state index in [0.717, 1.165) is 38.5 Å². The highest BCUT2D eigenvalue weighted by molar-refractivity contribution is 5.98. The Morgan fingerprint density at radius 2 is 1.65 bits per heavy atom. The minimum absolute atomic E-state index is 0.0493. The lowest BCUT2D eigenvalue weighted by Crippen LogP contribution is -2.59. The summed E-state index contributed by atoms with van der Waals surface area (Å²) in [4.78, 5) is 53.7. The maximum atomic E-state index is 14.1. The van der Waals surface area contributed by atoms with Gasteiger partial charge in [0.05, 0.1) is 37.5 Å². The summed E-state index contributed by atoms with van der Waals surface area (Å²) in [6.07, 6.45) is 0.363. The molecule has 1 aromatic rings.